The molecule has 0 unspecified atom stereocenters. The Hall–Kier alpha value is -3.60. The first-order valence-corrected chi connectivity index (χ1v) is 9.25. The number of hydrogen-bond donors (Lipinski definition) is 1. The molecule has 0 bridgehead atoms. The highest BCUT2D eigenvalue weighted by atomic mass is 16.3. The molecule has 0 aliphatic carbocycles. The number of carbonyl (C=O) groups excluding carboxylic acids is 1. The van der Waals surface area contributed by atoms with Crippen molar-refractivity contribution in [3.8, 4) is 17.1 Å². The number of benzene rings is 2. The van der Waals surface area contributed by atoms with Crippen molar-refractivity contribution in [1.82, 2.24) is 15.1 Å². The van der Waals surface area contributed by atoms with Gasteiger partial charge < -0.3 is 9.73 Å². The topological polar surface area (TPSA) is 60.1 Å². The van der Waals surface area contributed by atoms with E-state index in [1.807, 2.05) is 67.6 Å². The molecule has 0 fully saturated rings. The maximum absolute atomic E-state index is 12.9. The largest absolute Gasteiger partial charge is 0.460 e. The fourth-order valence-electron chi connectivity index (χ4n) is 3.06. The van der Waals surface area contributed by atoms with Crippen LogP contribution in [0.4, 0.5) is 0 Å². The van der Waals surface area contributed by atoms with Crippen LogP contribution in [0.2, 0.25) is 0 Å². The molecule has 0 atom stereocenters. The lowest BCUT2D eigenvalue weighted by molar-refractivity contribution is 0.0946. The van der Waals surface area contributed by atoms with Crippen molar-refractivity contribution in [2.45, 2.75) is 13.3 Å². The van der Waals surface area contributed by atoms with Gasteiger partial charge >= 0.3 is 0 Å². The maximum Gasteiger partial charge on any atom is 0.270 e. The van der Waals surface area contributed by atoms with Crippen molar-refractivity contribution in [2.24, 2.45) is 0 Å². The van der Waals surface area contributed by atoms with Crippen LogP contribution < -0.4 is 5.32 Å². The summed E-state index contributed by atoms with van der Waals surface area (Å²) >= 11 is 0. The molecule has 4 rings (SSSR count). The van der Waals surface area contributed by atoms with E-state index < -0.39 is 0 Å². The smallest absolute Gasteiger partial charge is 0.270 e. The van der Waals surface area contributed by atoms with E-state index in [9.17, 15) is 4.79 Å². The Kier molecular flexibility index (Phi) is 5.06. The highest BCUT2D eigenvalue weighted by Gasteiger charge is 2.18. The van der Waals surface area contributed by atoms with Gasteiger partial charge in [-0.15, -0.1) is 0 Å². The van der Waals surface area contributed by atoms with Gasteiger partial charge in [-0.2, -0.15) is 5.10 Å². The highest BCUT2D eigenvalue weighted by molar-refractivity contribution is 5.94. The minimum atomic E-state index is -0.165. The van der Waals surface area contributed by atoms with E-state index in [2.05, 4.69) is 22.5 Å². The van der Waals surface area contributed by atoms with Crippen LogP contribution in [0.5, 0.6) is 0 Å². The predicted molar refractivity (Wildman–Crippen MR) is 108 cm³/mol. The lowest BCUT2D eigenvalue weighted by atomic mass is 10.1. The lowest BCUT2D eigenvalue weighted by Crippen LogP contribution is -2.27. The molecule has 0 radical (unpaired) electrons. The summed E-state index contributed by atoms with van der Waals surface area (Å²) in [4.78, 5) is 12.9. The van der Waals surface area contributed by atoms with Crippen LogP contribution >= 0.6 is 0 Å². The van der Waals surface area contributed by atoms with Crippen LogP contribution in [0.1, 0.15) is 21.8 Å². The fraction of sp³-hybridized carbons (Fsp3) is 0.130. The van der Waals surface area contributed by atoms with E-state index in [-0.39, 0.29) is 5.91 Å². The first-order chi connectivity index (χ1) is 13.7. The van der Waals surface area contributed by atoms with E-state index in [1.165, 1.54) is 5.56 Å². The quantitative estimate of drug-likeness (QED) is 0.546. The number of hydrogen-bond acceptors (Lipinski definition) is 3. The number of aromatic nitrogens is 2. The monoisotopic (exact) mass is 371 g/mol. The Morgan fingerprint density at radius 2 is 1.71 bits per heavy atom. The van der Waals surface area contributed by atoms with E-state index in [1.54, 1.807) is 10.7 Å². The molecule has 2 heterocycles. The van der Waals surface area contributed by atoms with E-state index in [4.69, 9.17) is 4.42 Å². The first kappa shape index (κ1) is 17.8. The Balaban J connectivity index is 1.59. The SMILES string of the molecule is Cc1ccc(-c2cc(C(=O)NCCc3ccccc3)n(-c3ccccc3)n2)o1. The Labute approximate surface area is 163 Å². The molecule has 0 aliphatic heterocycles. The second-order valence-electron chi connectivity index (χ2n) is 6.56. The number of amides is 1. The zero-order valence-electron chi connectivity index (χ0n) is 15.6. The lowest BCUT2D eigenvalue weighted by Gasteiger charge is -2.08. The molecular formula is C23H21N3O2. The molecule has 2 aromatic heterocycles. The van der Waals surface area contributed by atoms with Gasteiger partial charge in [-0.3, -0.25) is 4.79 Å². The van der Waals surface area contributed by atoms with Crippen LogP contribution in [0.15, 0.2) is 83.3 Å². The molecule has 1 amide bonds. The number of aryl methyl sites for hydroxylation is 1. The molecule has 140 valence electrons. The molecular weight excluding hydrogens is 350 g/mol. The second-order valence-corrected chi connectivity index (χ2v) is 6.56. The molecule has 28 heavy (non-hydrogen) atoms. The van der Waals surface area contributed by atoms with Crippen molar-refractivity contribution < 1.29 is 9.21 Å². The minimum Gasteiger partial charge on any atom is -0.460 e. The first-order valence-electron chi connectivity index (χ1n) is 9.25. The molecule has 0 aliphatic rings. The highest BCUT2D eigenvalue weighted by Crippen LogP contribution is 2.23. The molecule has 0 saturated carbocycles. The third-order valence-corrected chi connectivity index (χ3v) is 4.48. The van der Waals surface area contributed by atoms with Crippen molar-refractivity contribution in [3.05, 3.63) is 95.9 Å². The average molecular weight is 371 g/mol. The standard InChI is InChI=1S/C23H21N3O2/c1-17-12-13-22(28-17)20-16-21(26(25-20)19-10-6-3-7-11-19)23(27)24-15-14-18-8-4-2-5-9-18/h2-13,16H,14-15H2,1H3,(H,24,27). The van der Waals surface area contributed by atoms with Crippen LogP contribution in [-0.4, -0.2) is 22.2 Å². The van der Waals surface area contributed by atoms with Crippen molar-refractivity contribution >= 4 is 5.91 Å². The molecule has 2 aromatic carbocycles. The minimum absolute atomic E-state index is 0.165. The molecule has 0 saturated heterocycles. The third kappa shape index (κ3) is 3.88. The summed E-state index contributed by atoms with van der Waals surface area (Å²) in [5.41, 5.74) is 3.12. The number of para-hydroxylation sites is 1. The van der Waals surface area contributed by atoms with Crippen molar-refractivity contribution in [2.75, 3.05) is 6.54 Å². The fourth-order valence-corrected chi connectivity index (χ4v) is 3.06. The summed E-state index contributed by atoms with van der Waals surface area (Å²) in [5, 5.41) is 7.61. The Bertz CT molecular complexity index is 1070. The molecule has 4 aromatic rings. The summed E-state index contributed by atoms with van der Waals surface area (Å²) in [5.74, 6) is 1.28. The summed E-state index contributed by atoms with van der Waals surface area (Å²) in [6.07, 6.45) is 0.774. The average Bonchev–Trinajstić information content (AvgIpc) is 3.36. The van der Waals surface area contributed by atoms with E-state index in [0.717, 1.165) is 17.9 Å². The van der Waals surface area contributed by atoms with Crippen LogP contribution in [0.3, 0.4) is 0 Å². The van der Waals surface area contributed by atoms with E-state index in [0.29, 0.717) is 23.7 Å². The Morgan fingerprint density at radius 3 is 2.39 bits per heavy atom. The number of carbonyl (C=O) groups is 1. The van der Waals surface area contributed by atoms with Crippen LogP contribution in [-0.2, 0) is 6.42 Å². The summed E-state index contributed by atoms with van der Waals surface area (Å²) in [7, 11) is 0. The molecule has 5 heteroatoms. The predicted octanol–water partition coefficient (Wildman–Crippen LogP) is 4.41. The number of furan rings is 1. The van der Waals surface area contributed by atoms with Gasteiger partial charge in [0.05, 0.1) is 5.69 Å². The maximum atomic E-state index is 12.9. The zero-order chi connectivity index (χ0) is 19.3. The molecule has 0 spiro atoms. The third-order valence-electron chi connectivity index (χ3n) is 4.48. The van der Waals surface area contributed by atoms with Gasteiger partial charge in [-0.25, -0.2) is 4.68 Å². The van der Waals surface area contributed by atoms with Crippen LogP contribution in [0, 0.1) is 6.92 Å². The van der Waals surface area contributed by atoms with Gasteiger partial charge in [0.15, 0.2) is 5.76 Å². The van der Waals surface area contributed by atoms with Crippen LogP contribution in [0.25, 0.3) is 17.1 Å². The number of nitrogens with zero attached hydrogens (tertiary/aromatic N) is 2. The van der Waals surface area contributed by atoms with Gasteiger partial charge in [-0.1, -0.05) is 48.5 Å². The number of nitrogens with one attached hydrogen (secondary N) is 1. The van der Waals surface area contributed by atoms with Gasteiger partial charge in [0.25, 0.3) is 5.91 Å². The summed E-state index contributed by atoms with van der Waals surface area (Å²) in [6, 6.07) is 25.2. The molecule has 5 nitrogen and oxygen atoms in total. The molecule has 1 N–H and O–H groups in total. The normalized spacial score (nSPS) is 10.8. The van der Waals surface area contributed by atoms with Gasteiger partial charge in [0.2, 0.25) is 0 Å². The van der Waals surface area contributed by atoms with Gasteiger partial charge in [0.1, 0.15) is 17.1 Å². The second kappa shape index (κ2) is 7.96. The number of rotatable bonds is 6. The van der Waals surface area contributed by atoms with Gasteiger partial charge in [-0.05, 0) is 43.2 Å². The van der Waals surface area contributed by atoms with E-state index >= 15 is 0 Å². The zero-order valence-corrected chi connectivity index (χ0v) is 15.6. The Morgan fingerprint density at radius 1 is 1.00 bits per heavy atom. The van der Waals surface area contributed by atoms with Crippen molar-refractivity contribution in [3.63, 3.8) is 0 Å². The summed E-state index contributed by atoms with van der Waals surface area (Å²) < 4.78 is 7.34. The van der Waals surface area contributed by atoms with Crippen molar-refractivity contribution in [1.29, 1.82) is 0 Å². The van der Waals surface area contributed by atoms with Gasteiger partial charge in [0, 0.05) is 12.6 Å². The summed E-state index contributed by atoms with van der Waals surface area (Å²) in [6.45, 7) is 2.44.